The van der Waals surface area contributed by atoms with Crippen LogP contribution >= 0.6 is 0 Å². The van der Waals surface area contributed by atoms with Crippen molar-refractivity contribution in [2.45, 2.75) is 20.4 Å². The Balaban J connectivity index is 2.11. The largest absolute Gasteiger partial charge is 0.308 e. The Bertz CT molecular complexity index is 267. The molecule has 0 aromatic carbocycles. The molecule has 1 aromatic rings. The molecule has 0 atom stereocenters. The van der Waals surface area contributed by atoms with Crippen molar-refractivity contribution in [1.82, 2.24) is 25.0 Å². The summed E-state index contributed by atoms with van der Waals surface area (Å²) in [7, 11) is 1.88. The SMILES string of the molecule is CCN(CC)CCNCc1ncn(C)n1. The number of hydrogen-bond acceptors (Lipinski definition) is 4. The van der Waals surface area contributed by atoms with Gasteiger partial charge < -0.3 is 10.2 Å². The van der Waals surface area contributed by atoms with Gasteiger partial charge >= 0.3 is 0 Å². The Morgan fingerprint density at radius 2 is 2.13 bits per heavy atom. The zero-order chi connectivity index (χ0) is 11.1. The molecule has 1 heterocycles. The lowest BCUT2D eigenvalue weighted by atomic mass is 10.4. The van der Waals surface area contributed by atoms with Crippen molar-refractivity contribution < 1.29 is 0 Å². The van der Waals surface area contributed by atoms with Gasteiger partial charge in [0.1, 0.15) is 6.33 Å². The van der Waals surface area contributed by atoms with Crippen molar-refractivity contribution >= 4 is 0 Å². The predicted octanol–water partition coefficient (Wildman–Crippen LogP) is 0.246. The van der Waals surface area contributed by atoms with E-state index in [9.17, 15) is 0 Å². The molecule has 0 saturated heterocycles. The van der Waals surface area contributed by atoms with E-state index in [1.54, 1.807) is 11.0 Å². The van der Waals surface area contributed by atoms with Gasteiger partial charge in [-0.3, -0.25) is 4.68 Å². The lowest BCUT2D eigenvalue weighted by molar-refractivity contribution is 0.302. The summed E-state index contributed by atoms with van der Waals surface area (Å²) in [4.78, 5) is 6.54. The Morgan fingerprint density at radius 3 is 2.67 bits per heavy atom. The average Bonchev–Trinajstić information content (AvgIpc) is 2.65. The van der Waals surface area contributed by atoms with E-state index in [4.69, 9.17) is 0 Å². The number of nitrogens with one attached hydrogen (secondary N) is 1. The molecule has 5 nitrogen and oxygen atoms in total. The third-order valence-corrected chi connectivity index (χ3v) is 2.43. The second-order valence-electron chi connectivity index (χ2n) is 3.54. The van der Waals surface area contributed by atoms with E-state index in [0.717, 1.165) is 38.5 Å². The van der Waals surface area contributed by atoms with Crippen molar-refractivity contribution in [3.8, 4) is 0 Å². The number of aromatic nitrogens is 3. The van der Waals surface area contributed by atoms with E-state index in [2.05, 4.69) is 34.1 Å². The first-order valence-electron chi connectivity index (χ1n) is 5.53. The second kappa shape index (κ2) is 6.53. The summed E-state index contributed by atoms with van der Waals surface area (Å²) < 4.78 is 1.72. The molecular formula is C10H21N5. The molecule has 1 aromatic heterocycles. The molecule has 1 rings (SSSR count). The molecule has 0 aliphatic carbocycles. The highest BCUT2D eigenvalue weighted by Gasteiger charge is 2.00. The van der Waals surface area contributed by atoms with Crippen molar-refractivity contribution in [1.29, 1.82) is 0 Å². The fourth-order valence-corrected chi connectivity index (χ4v) is 1.44. The Labute approximate surface area is 91.5 Å². The highest BCUT2D eigenvalue weighted by Crippen LogP contribution is 1.88. The van der Waals surface area contributed by atoms with Gasteiger partial charge in [0, 0.05) is 20.1 Å². The Kier molecular flexibility index (Phi) is 5.28. The molecule has 5 heteroatoms. The normalized spacial score (nSPS) is 11.2. The van der Waals surface area contributed by atoms with Crippen LogP contribution in [0.15, 0.2) is 6.33 Å². The molecule has 0 bridgehead atoms. The molecule has 86 valence electrons. The minimum Gasteiger partial charge on any atom is -0.308 e. The number of rotatable bonds is 7. The first kappa shape index (κ1) is 12.1. The number of hydrogen-bond donors (Lipinski definition) is 1. The van der Waals surface area contributed by atoms with Gasteiger partial charge in [0.25, 0.3) is 0 Å². The summed E-state index contributed by atoms with van der Waals surface area (Å²) in [6.45, 7) is 9.41. The number of aryl methyl sites for hydroxylation is 1. The Hall–Kier alpha value is -0.940. The summed E-state index contributed by atoms with van der Waals surface area (Å²) in [5.74, 6) is 0.858. The minimum atomic E-state index is 0.752. The first-order chi connectivity index (χ1) is 7.26. The molecule has 0 aliphatic rings. The van der Waals surface area contributed by atoms with Crippen LogP contribution in [0.1, 0.15) is 19.7 Å². The summed E-state index contributed by atoms with van der Waals surface area (Å²) in [6, 6.07) is 0. The van der Waals surface area contributed by atoms with Gasteiger partial charge in [-0.15, -0.1) is 0 Å². The Morgan fingerprint density at radius 1 is 1.40 bits per heavy atom. The van der Waals surface area contributed by atoms with Crippen molar-refractivity contribution in [2.24, 2.45) is 7.05 Å². The second-order valence-corrected chi connectivity index (χ2v) is 3.54. The third-order valence-electron chi connectivity index (χ3n) is 2.43. The van der Waals surface area contributed by atoms with Crippen LogP contribution in [0.25, 0.3) is 0 Å². The zero-order valence-electron chi connectivity index (χ0n) is 9.90. The average molecular weight is 211 g/mol. The van der Waals surface area contributed by atoms with Gasteiger partial charge in [0.05, 0.1) is 6.54 Å². The predicted molar refractivity (Wildman–Crippen MR) is 60.5 cm³/mol. The van der Waals surface area contributed by atoms with E-state index in [1.807, 2.05) is 7.05 Å². The van der Waals surface area contributed by atoms with Crippen LogP contribution in [0.3, 0.4) is 0 Å². The molecule has 0 amide bonds. The summed E-state index contributed by atoms with van der Waals surface area (Å²) in [6.07, 6.45) is 1.72. The maximum atomic E-state index is 4.20. The molecular weight excluding hydrogens is 190 g/mol. The van der Waals surface area contributed by atoms with Crippen LogP contribution in [-0.2, 0) is 13.6 Å². The van der Waals surface area contributed by atoms with E-state index < -0.39 is 0 Å². The fraction of sp³-hybridized carbons (Fsp3) is 0.800. The zero-order valence-corrected chi connectivity index (χ0v) is 9.90. The highest BCUT2D eigenvalue weighted by molar-refractivity contribution is 4.79. The summed E-state index contributed by atoms with van der Waals surface area (Å²) >= 11 is 0. The molecule has 15 heavy (non-hydrogen) atoms. The van der Waals surface area contributed by atoms with Gasteiger partial charge in [0.2, 0.25) is 0 Å². The topological polar surface area (TPSA) is 46.0 Å². The molecule has 0 spiro atoms. The number of nitrogens with zero attached hydrogens (tertiary/aromatic N) is 4. The van der Waals surface area contributed by atoms with Crippen LogP contribution in [0.2, 0.25) is 0 Å². The van der Waals surface area contributed by atoms with Crippen LogP contribution in [0, 0.1) is 0 Å². The third kappa shape index (κ3) is 4.40. The lowest BCUT2D eigenvalue weighted by Crippen LogP contribution is -2.31. The molecule has 1 N–H and O–H groups in total. The molecule has 0 radical (unpaired) electrons. The van der Waals surface area contributed by atoms with E-state index >= 15 is 0 Å². The lowest BCUT2D eigenvalue weighted by Gasteiger charge is -2.17. The van der Waals surface area contributed by atoms with Gasteiger partial charge in [-0.1, -0.05) is 13.8 Å². The van der Waals surface area contributed by atoms with Crippen molar-refractivity contribution in [3.05, 3.63) is 12.2 Å². The van der Waals surface area contributed by atoms with E-state index in [0.29, 0.717) is 0 Å². The first-order valence-corrected chi connectivity index (χ1v) is 5.53. The van der Waals surface area contributed by atoms with E-state index in [1.165, 1.54) is 0 Å². The van der Waals surface area contributed by atoms with Crippen LogP contribution in [0.5, 0.6) is 0 Å². The standard InChI is InChI=1S/C10H21N5/c1-4-15(5-2)7-6-11-8-10-12-9-14(3)13-10/h9,11H,4-8H2,1-3H3. The van der Waals surface area contributed by atoms with Gasteiger partial charge in [0.15, 0.2) is 5.82 Å². The highest BCUT2D eigenvalue weighted by atomic mass is 15.3. The summed E-state index contributed by atoms with van der Waals surface area (Å²) in [5, 5.41) is 7.53. The molecule has 0 saturated carbocycles. The quantitative estimate of drug-likeness (QED) is 0.657. The van der Waals surface area contributed by atoms with Gasteiger partial charge in [-0.25, -0.2) is 4.98 Å². The number of likely N-dealkylation sites (N-methyl/N-ethyl adjacent to an activating group) is 1. The summed E-state index contributed by atoms with van der Waals surface area (Å²) in [5.41, 5.74) is 0. The van der Waals surface area contributed by atoms with Crippen LogP contribution < -0.4 is 5.32 Å². The van der Waals surface area contributed by atoms with E-state index in [-0.39, 0.29) is 0 Å². The van der Waals surface area contributed by atoms with Gasteiger partial charge in [-0.05, 0) is 13.1 Å². The van der Waals surface area contributed by atoms with Crippen LogP contribution in [0.4, 0.5) is 0 Å². The van der Waals surface area contributed by atoms with Crippen molar-refractivity contribution in [2.75, 3.05) is 26.2 Å². The molecule has 0 aliphatic heterocycles. The maximum absolute atomic E-state index is 4.20. The maximum Gasteiger partial charge on any atom is 0.164 e. The molecule has 0 unspecified atom stereocenters. The fourth-order valence-electron chi connectivity index (χ4n) is 1.44. The van der Waals surface area contributed by atoms with Gasteiger partial charge in [-0.2, -0.15) is 5.10 Å². The molecule has 0 fully saturated rings. The smallest absolute Gasteiger partial charge is 0.164 e. The minimum absolute atomic E-state index is 0.752. The van der Waals surface area contributed by atoms with Crippen LogP contribution in [-0.4, -0.2) is 45.8 Å². The van der Waals surface area contributed by atoms with Crippen molar-refractivity contribution in [3.63, 3.8) is 0 Å². The monoisotopic (exact) mass is 211 g/mol.